The van der Waals surface area contributed by atoms with E-state index in [2.05, 4.69) is 32.9 Å². The average molecular weight is 376 g/mol. The van der Waals surface area contributed by atoms with Gasteiger partial charge in [0.1, 0.15) is 0 Å². The highest BCUT2D eigenvalue weighted by molar-refractivity contribution is 14.1. The number of benzene rings is 1. The van der Waals surface area contributed by atoms with E-state index in [1.165, 1.54) is 0 Å². The molecule has 2 rings (SSSR count). The molecular weight excluding hydrogens is 365 g/mol. The number of pyridine rings is 1. The lowest BCUT2D eigenvalue weighted by atomic mass is 10.3. The van der Waals surface area contributed by atoms with Crippen molar-refractivity contribution < 1.29 is 4.74 Å². The Morgan fingerprint density at radius 1 is 1.33 bits per heavy atom. The quantitative estimate of drug-likeness (QED) is 0.804. The number of nitrogens with zero attached hydrogens (tertiary/aromatic N) is 1. The minimum absolute atomic E-state index is 0.494. The molecule has 1 aromatic heterocycles. The Morgan fingerprint density at radius 3 is 2.78 bits per heavy atom. The molecular formula is C12H11ClIN3O. The van der Waals surface area contributed by atoms with Crippen molar-refractivity contribution >= 4 is 51.4 Å². The molecule has 0 atom stereocenters. The summed E-state index contributed by atoms with van der Waals surface area (Å²) in [5.41, 5.74) is 7.13. The van der Waals surface area contributed by atoms with Gasteiger partial charge in [0.05, 0.1) is 23.5 Å². The molecule has 6 heteroatoms. The first-order chi connectivity index (χ1) is 8.60. The lowest BCUT2D eigenvalue weighted by Gasteiger charge is -2.11. The van der Waals surface area contributed by atoms with Gasteiger partial charge in [0.25, 0.3) is 0 Å². The Bertz CT molecular complexity index is 577. The minimum atomic E-state index is 0.494. The van der Waals surface area contributed by atoms with Crippen molar-refractivity contribution in [1.82, 2.24) is 4.98 Å². The van der Waals surface area contributed by atoms with Gasteiger partial charge in [0.15, 0.2) is 5.82 Å². The van der Waals surface area contributed by atoms with Crippen molar-refractivity contribution in [1.29, 1.82) is 0 Å². The molecule has 18 heavy (non-hydrogen) atoms. The van der Waals surface area contributed by atoms with Gasteiger partial charge in [0, 0.05) is 9.64 Å². The highest BCUT2D eigenvalue weighted by Gasteiger charge is 2.06. The van der Waals surface area contributed by atoms with Crippen molar-refractivity contribution in [2.45, 2.75) is 0 Å². The number of rotatable bonds is 3. The first-order valence-electron chi connectivity index (χ1n) is 5.12. The van der Waals surface area contributed by atoms with E-state index in [-0.39, 0.29) is 0 Å². The van der Waals surface area contributed by atoms with Crippen molar-refractivity contribution in [2.75, 3.05) is 18.2 Å². The van der Waals surface area contributed by atoms with E-state index in [0.29, 0.717) is 22.4 Å². The second kappa shape index (κ2) is 5.62. The maximum Gasteiger partial charge on any atom is 0.215 e. The predicted molar refractivity (Wildman–Crippen MR) is 82.7 cm³/mol. The Morgan fingerprint density at radius 2 is 2.11 bits per heavy atom. The maximum atomic E-state index is 6.14. The summed E-state index contributed by atoms with van der Waals surface area (Å²) < 4.78 is 6.12. The molecule has 0 unspecified atom stereocenters. The average Bonchev–Trinajstić information content (AvgIpc) is 2.35. The van der Waals surface area contributed by atoms with Crippen molar-refractivity contribution in [3.8, 4) is 5.88 Å². The van der Waals surface area contributed by atoms with Crippen LogP contribution in [0.3, 0.4) is 0 Å². The normalized spacial score (nSPS) is 10.2. The molecule has 94 valence electrons. The van der Waals surface area contributed by atoms with Crippen molar-refractivity contribution in [3.05, 3.63) is 38.9 Å². The third-order valence-corrected chi connectivity index (χ3v) is 3.28. The van der Waals surface area contributed by atoms with E-state index in [4.69, 9.17) is 22.1 Å². The Kier molecular flexibility index (Phi) is 4.13. The fourth-order valence-electron chi connectivity index (χ4n) is 1.38. The molecule has 0 saturated carbocycles. The summed E-state index contributed by atoms with van der Waals surface area (Å²) in [4.78, 5) is 4.23. The van der Waals surface area contributed by atoms with E-state index in [1.54, 1.807) is 19.2 Å². The molecule has 0 amide bonds. The third kappa shape index (κ3) is 2.97. The fourth-order valence-corrected chi connectivity index (χ4v) is 2.29. The SMILES string of the molecule is COc1ccc(N)c(Nc2ccc(I)cc2Cl)n1. The molecule has 0 saturated heterocycles. The highest BCUT2D eigenvalue weighted by atomic mass is 127. The van der Waals surface area contributed by atoms with Gasteiger partial charge in [-0.1, -0.05) is 11.6 Å². The maximum absolute atomic E-state index is 6.14. The summed E-state index contributed by atoms with van der Waals surface area (Å²) >= 11 is 8.34. The number of methoxy groups -OCH3 is 1. The van der Waals surface area contributed by atoms with Gasteiger partial charge in [-0.05, 0) is 46.9 Å². The number of ether oxygens (including phenoxy) is 1. The van der Waals surface area contributed by atoms with Crippen molar-refractivity contribution in [2.24, 2.45) is 0 Å². The molecule has 2 aromatic rings. The molecule has 0 aliphatic carbocycles. The summed E-state index contributed by atoms with van der Waals surface area (Å²) in [5.74, 6) is 1.02. The first-order valence-corrected chi connectivity index (χ1v) is 6.58. The van der Waals surface area contributed by atoms with Crippen LogP contribution in [-0.2, 0) is 0 Å². The summed E-state index contributed by atoms with van der Waals surface area (Å²) in [6.45, 7) is 0. The van der Waals surface area contributed by atoms with Crippen LogP contribution in [0.4, 0.5) is 17.2 Å². The highest BCUT2D eigenvalue weighted by Crippen LogP contribution is 2.29. The summed E-state index contributed by atoms with van der Waals surface area (Å²) in [7, 11) is 1.56. The number of hydrogen-bond acceptors (Lipinski definition) is 4. The van der Waals surface area contributed by atoms with Crippen LogP contribution >= 0.6 is 34.2 Å². The molecule has 0 bridgehead atoms. The van der Waals surface area contributed by atoms with Gasteiger partial charge in [-0.2, -0.15) is 4.98 Å². The third-order valence-electron chi connectivity index (χ3n) is 2.29. The standard InChI is InChI=1S/C12H11ClIN3O/c1-18-11-5-3-9(15)12(17-11)16-10-4-2-7(14)6-8(10)13/h2-6H,15H2,1H3,(H,16,17). The van der Waals surface area contributed by atoms with Gasteiger partial charge in [-0.25, -0.2) is 0 Å². The molecule has 3 N–H and O–H groups in total. The van der Waals surface area contributed by atoms with Crippen LogP contribution in [-0.4, -0.2) is 12.1 Å². The van der Waals surface area contributed by atoms with Gasteiger partial charge < -0.3 is 15.8 Å². The van der Waals surface area contributed by atoms with Crippen LogP contribution in [0, 0.1) is 3.57 Å². The molecule has 0 aliphatic rings. The van der Waals surface area contributed by atoms with Crippen LogP contribution in [0.15, 0.2) is 30.3 Å². The van der Waals surface area contributed by atoms with Crippen LogP contribution in [0.2, 0.25) is 5.02 Å². The predicted octanol–water partition coefficient (Wildman–Crippen LogP) is 3.67. The number of nitrogens with one attached hydrogen (secondary N) is 1. The van der Waals surface area contributed by atoms with Gasteiger partial charge >= 0.3 is 0 Å². The summed E-state index contributed by atoms with van der Waals surface area (Å²) in [6.07, 6.45) is 0. The van der Waals surface area contributed by atoms with Gasteiger partial charge in [0.2, 0.25) is 5.88 Å². The number of halogens is 2. The van der Waals surface area contributed by atoms with Gasteiger partial charge in [-0.3, -0.25) is 0 Å². The Labute approximate surface area is 124 Å². The van der Waals surface area contributed by atoms with E-state index in [9.17, 15) is 0 Å². The number of anilines is 3. The Balaban J connectivity index is 2.33. The largest absolute Gasteiger partial charge is 0.481 e. The monoisotopic (exact) mass is 375 g/mol. The van der Waals surface area contributed by atoms with Crippen LogP contribution in [0.1, 0.15) is 0 Å². The number of aromatic nitrogens is 1. The summed E-state index contributed by atoms with van der Waals surface area (Å²) in [6, 6.07) is 9.13. The molecule has 0 radical (unpaired) electrons. The molecule has 1 aromatic carbocycles. The first kappa shape index (κ1) is 13.2. The molecule has 0 fully saturated rings. The smallest absolute Gasteiger partial charge is 0.215 e. The fraction of sp³-hybridized carbons (Fsp3) is 0.0833. The number of nitrogens with two attached hydrogens (primary N) is 1. The van der Waals surface area contributed by atoms with Crippen LogP contribution < -0.4 is 15.8 Å². The lowest BCUT2D eigenvalue weighted by molar-refractivity contribution is 0.398. The Hall–Kier alpha value is -1.21. The summed E-state index contributed by atoms with van der Waals surface area (Å²) in [5, 5.41) is 3.71. The zero-order valence-electron chi connectivity index (χ0n) is 9.58. The molecule has 1 heterocycles. The zero-order valence-corrected chi connectivity index (χ0v) is 12.5. The zero-order chi connectivity index (χ0) is 13.1. The second-order valence-corrected chi connectivity index (χ2v) is 5.19. The molecule has 0 aliphatic heterocycles. The van der Waals surface area contributed by atoms with Crippen LogP contribution in [0.5, 0.6) is 5.88 Å². The van der Waals surface area contributed by atoms with Gasteiger partial charge in [-0.15, -0.1) is 0 Å². The van der Waals surface area contributed by atoms with Crippen molar-refractivity contribution in [3.63, 3.8) is 0 Å². The topological polar surface area (TPSA) is 60.2 Å². The van der Waals surface area contributed by atoms with E-state index < -0.39 is 0 Å². The van der Waals surface area contributed by atoms with E-state index in [0.717, 1.165) is 9.26 Å². The van der Waals surface area contributed by atoms with E-state index in [1.807, 2.05) is 18.2 Å². The van der Waals surface area contributed by atoms with E-state index >= 15 is 0 Å². The molecule has 4 nitrogen and oxygen atoms in total. The molecule has 0 spiro atoms. The number of nitrogen functional groups attached to an aromatic ring is 1. The second-order valence-electron chi connectivity index (χ2n) is 3.54. The minimum Gasteiger partial charge on any atom is -0.481 e. The lowest BCUT2D eigenvalue weighted by Crippen LogP contribution is -2.01. The number of hydrogen-bond donors (Lipinski definition) is 2. The van der Waals surface area contributed by atoms with Crippen LogP contribution in [0.25, 0.3) is 0 Å².